The molecule has 1 aliphatic rings. The largest absolute Gasteiger partial charge is 0.416 e. The number of hydrogen-bond donors (Lipinski definition) is 1. The topological polar surface area (TPSA) is 21.3 Å². The summed E-state index contributed by atoms with van der Waals surface area (Å²) in [5.74, 6) is 0. The Balaban J connectivity index is 1.94. The summed E-state index contributed by atoms with van der Waals surface area (Å²) in [5, 5.41) is 3.17. The molecule has 20 heavy (non-hydrogen) atoms. The predicted octanol–water partition coefficient (Wildman–Crippen LogP) is 3.61. The lowest BCUT2D eigenvalue weighted by molar-refractivity contribution is -0.138. The fourth-order valence-corrected chi connectivity index (χ4v) is 2.49. The standard InChI is InChI=1S/C15H20F3NO/c1-14(6-8-20-9-7-14)11-19-10-12-4-2-3-5-13(12)15(16,17)18/h2-5,19H,6-11H2,1H3. The minimum Gasteiger partial charge on any atom is -0.381 e. The Bertz CT molecular complexity index is 439. The van der Waals surface area contributed by atoms with Crippen molar-refractivity contribution in [1.29, 1.82) is 0 Å². The van der Waals surface area contributed by atoms with Crippen LogP contribution in [0.1, 0.15) is 30.9 Å². The highest BCUT2D eigenvalue weighted by Gasteiger charge is 2.33. The summed E-state index contributed by atoms with van der Waals surface area (Å²) in [7, 11) is 0. The number of rotatable bonds is 4. The molecule has 0 unspecified atom stereocenters. The molecule has 0 aromatic heterocycles. The van der Waals surface area contributed by atoms with Gasteiger partial charge in [-0.05, 0) is 29.9 Å². The molecule has 0 bridgehead atoms. The van der Waals surface area contributed by atoms with Crippen LogP contribution in [0.3, 0.4) is 0 Å². The zero-order valence-corrected chi connectivity index (χ0v) is 11.6. The molecule has 2 rings (SSSR count). The highest BCUT2D eigenvalue weighted by molar-refractivity contribution is 5.29. The molecule has 1 aliphatic heterocycles. The molecular weight excluding hydrogens is 267 g/mol. The third-order valence-electron chi connectivity index (χ3n) is 3.89. The summed E-state index contributed by atoms with van der Waals surface area (Å²) in [6.07, 6.45) is -2.40. The van der Waals surface area contributed by atoms with Gasteiger partial charge in [0, 0.05) is 26.3 Å². The number of ether oxygens (including phenoxy) is 1. The van der Waals surface area contributed by atoms with Crippen molar-refractivity contribution in [2.45, 2.75) is 32.5 Å². The Labute approximate surface area is 117 Å². The smallest absolute Gasteiger partial charge is 0.381 e. The van der Waals surface area contributed by atoms with Gasteiger partial charge in [-0.3, -0.25) is 0 Å². The molecule has 0 spiro atoms. The average molecular weight is 287 g/mol. The van der Waals surface area contributed by atoms with E-state index in [-0.39, 0.29) is 12.0 Å². The number of benzene rings is 1. The second-order valence-corrected chi connectivity index (χ2v) is 5.68. The zero-order valence-electron chi connectivity index (χ0n) is 11.6. The Morgan fingerprint density at radius 3 is 2.50 bits per heavy atom. The fourth-order valence-electron chi connectivity index (χ4n) is 2.49. The molecule has 5 heteroatoms. The molecule has 1 aromatic rings. The first-order valence-corrected chi connectivity index (χ1v) is 6.84. The minimum absolute atomic E-state index is 0.116. The Morgan fingerprint density at radius 2 is 1.85 bits per heavy atom. The average Bonchev–Trinajstić information content (AvgIpc) is 2.39. The normalized spacial score (nSPS) is 19.0. The van der Waals surface area contributed by atoms with Crippen LogP contribution in [-0.2, 0) is 17.5 Å². The molecule has 1 aromatic carbocycles. The zero-order chi connectivity index (χ0) is 14.6. The third kappa shape index (κ3) is 3.96. The van der Waals surface area contributed by atoms with Crippen molar-refractivity contribution in [2.24, 2.45) is 5.41 Å². The van der Waals surface area contributed by atoms with E-state index in [2.05, 4.69) is 12.2 Å². The molecule has 0 atom stereocenters. The van der Waals surface area contributed by atoms with Gasteiger partial charge in [-0.1, -0.05) is 25.1 Å². The molecule has 0 saturated carbocycles. The lowest BCUT2D eigenvalue weighted by Crippen LogP contribution is -2.36. The van der Waals surface area contributed by atoms with E-state index in [1.807, 2.05) is 0 Å². The number of alkyl halides is 3. The van der Waals surface area contributed by atoms with Crippen LogP contribution < -0.4 is 5.32 Å². The van der Waals surface area contributed by atoms with Crippen molar-refractivity contribution < 1.29 is 17.9 Å². The summed E-state index contributed by atoms with van der Waals surface area (Å²) in [4.78, 5) is 0. The highest BCUT2D eigenvalue weighted by Crippen LogP contribution is 2.32. The predicted molar refractivity (Wildman–Crippen MR) is 71.3 cm³/mol. The molecular formula is C15H20F3NO. The number of hydrogen-bond acceptors (Lipinski definition) is 2. The van der Waals surface area contributed by atoms with Crippen LogP contribution >= 0.6 is 0 Å². The summed E-state index contributed by atoms with van der Waals surface area (Å²) in [5.41, 5.74) is -0.133. The van der Waals surface area contributed by atoms with E-state index in [9.17, 15) is 13.2 Å². The fraction of sp³-hybridized carbons (Fsp3) is 0.600. The number of halogens is 3. The maximum Gasteiger partial charge on any atom is 0.416 e. The van der Waals surface area contributed by atoms with Crippen LogP contribution in [0, 0.1) is 5.41 Å². The van der Waals surface area contributed by atoms with Crippen molar-refractivity contribution >= 4 is 0 Å². The van der Waals surface area contributed by atoms with E-state index in [1.54, 1.807) is 6.07 Å². The summed E-state index contributed by atoms with van der Waals surface area (Å²) >= 11 is 0. The van der Waals surface area contributed by atoms with Gasteiger partial charge >= 0.3 is 6.18 Å². The van der Waals surface area contributed by atoms with Crippen molar-refractivity contribution in [2.75, 3.05) is 19.8 Å². The Kier molecular flexibility index (Phi) is 4.70. The second kappa shape index (κ2) is 6.14. The van der Waals surface area contributed by atoms with Crippen molar-refractivity contribution in [1.82, 2.24) is 5.32 Å². The van der Waals surface area contributed by atoms with Gasteiger partial charge in [0.25, 0.3) is 0 Å². The van der Waals surface area contributed by atoms with Gasteiger partial charge < -0.3 is 10.1 Å². The molecule has 1 saturated heterocycles. The van der Waals surface area contributed by atoms with E-state index in [0.717, 1.165) is 32.1 Å². The van der Waals surface area contributed by atoms with Gasteiger partial charge in [-0.15, -0.1) is 0 Å². The monoisotopic (exact) mass is 287 g/mol. The lowest BCUT2D eigenvalue weighted by atomic mass is 9.82. The molecule has 2 nitrogen and oxygen atoms in total. The van der Waals surface area contributed by atoms with Gasteiger partial charge in [-0.25, -0.2) is 0 Å². The Morgan fingerprint density at radius 1 is 1.20 bits per heavy atom. The Hall–Kier alpha value is -1.07. The van der Waals surface area contributed by atoms with Crippen LogP contribution in [0.15, 0.2) is 24.3 Å². The van der Waals surface area contributed by atoms with E-state index < -0.39 is 11.7 Å². The summed E-state index contributed by atoms with van der Waals surface area (Å²) in [6.45, 7) is 4.57. The van der Waals surface area contributed by atoms with Crippen LogP contribution in [0.5, 0.6) is 0 Å². The van der Waals surface area contributed by atoms with E-state index in [4.69, 9.17) is 4.74 Å². The molecule has 0 aliphatic carbocycles. The maximum atomic E-state index is 12.9. The van der Waals surface area contributed by atoms with Gasteiger partial charge in [-0.2, -0.15) is 13.2 Å². The van der Waals surface area contributed by atoms with Crippen LogP contribution in [0.25, 0.3) is 0 Å². The van der Waals surface area contributed by atoms with Crippen molar-refractivity contribution in [3.8, 4) is 0 Å². The lowest BCUT2D eigenvalue weighted by Gasteiger charge is -2.33. The first kappa shape index (κ1) is 15.3. The van der Waals surface area contributed by atoms with E-state index >= 15 is 0 Å². The van der Waals surface area contributed by atoms with Crippen LogP contribution in [0.2, 0.25) is 0 Å². The highest BCUT2D eigenvalue weighted by atomic mass is 19.4. The summed E-state index contributed by atoms with van der Waals surface area (Å²) in [6, 6.07) is 5.73. The second-order valence-electron chi connectivity index (χ2n) is 5.68. The molecule has 1 heterocycles. The third-order valence-corrected chi connectivity index (χ3v) is 3.89. The van der Waals surface area contributed by atoms with Crippen molar-refractivity contribution in [3.05, 3.63) is 35.4 Å². The molecule has 112 valence electrons. The molecule has 1 N–H and O–H groups in total. The molecule has 1 fully saturated rings. The number of nitrogens with one attached hydrogen (secondary N) is 1. The van der Waals surface area contributed by atoms with Gasteiger partial charge in [0.1, 0.15) is 0 Å². The van der Waals surface area contributed by atoms with Crippen molar-refractivity contribution in [3.63, 3.8) is 0 Å². The molecule has 0 amide bonds. The first-order chi connectivity index (χ1) is 9.41. The quantitative estimate of drug-likeness (QED) is 0.913. The minimum atomic E-state index is -4.29. The van der Waals surface area contributed by atoms with Gasteiger partial charge in [0.15, 0.2) is 0 Å². The van der Waals surface area contributed by atoms with E-state index in [1.165, 1.54) is 12.1 Å². The van der Waals surface area contributed by atoms with Crippen LogP contribution in [-0.4, -0.2) is 19.8 Å². The van der Waals surface area contributed by atoms with Gasteiger partial charge in [0.2, 0.25) is 0 Å². The van der Waals surface area contributed by atoms with E-state index in [0.29, 0.717) is 12.1 Å². The SMILES string of the molecule is CC1(CNCc2ccccc2C(F)(F)F)CCOCC1. The maximum absolute atomic E-state index is 12.9. The van der Waals surface area contributed by atoms with Gasteiger partial charge in [0.05, 0.1) is 5.56 Å². The first-order valence-electron chi connectivity index (χ1n) is 6.84. The van der Waals surface area contributed by atoms with Crippen LogP contribution in [0.4, 0.5) is 13.2 Å². The molecule has 0 radical (unpaired) electrons. The summed E-state index contributed by atoms with van der Waals surface area (Å²) < 4.78 is 43.9.